The normalized spacial score (nSPS) is 12.0. The number of sulfonamides is 1. The number of halogens is 3. The minimum atomic E-state index is -4.51. The lowest BCUT2D eigenvalue weighted by molar-refractivity contribution is -0.137. The second kappa shape index (κ2) is 7.88. The monoisotopic (exact) mass is 387 g/mol. The number of carbonyl (C=O) groups is 1. The van der Waals surface area contributed by atoms with E-state index in [9.17, 15) is 26.4 Å². The number of carbonyl (C=O) groups excluding carboxylic acids is 1. The first kappa shape index (κ1) is 19.9. The van der Waals surface area contributed by atoms with Crippen molar-refractivity contribution in [1.29, 1.82) is 0 Å². The molecule has 0 aliphatic rings. The molecule has 2 aromatic rings. The Balaban J connectivity index is 2.17. The summed E-state index contributed by atoms with van der Waals surface area (Å²) in [6, 6.07) is 9.57. The quantitative estimate of drug-likeness (QED) is 0.772. The highest BCUT2D eigenvalue weighted by Gasteiger charge is 2.30. The maximum Gasteiger partial charge on any atom is 0.416 e. The third kappa shape index (κ3) is 5.06. The van der Waals surface area contributed by atoms with Gasteiger partial charge in [-0.2, -0.15) is 13.2 Å². The summed E-state index contributed by atoms with van der Waals surface area (Å²) in [5, 5.41) is 0. The summed E-state index contributed by atoms with van der Waals surface area (Å²) < 4.78 is 69.8. The van der Waals surface area contributed by atoms with Crippen molar-refractivity contribution in [2.24, 2.45) is 0 Å². The maximum absolute atomic E-state index is 12.7. The van der Waals surface area contributed by atoms with E-state index < -0.39 is 27.7 Å². The molecule has 9 heteroatoms. The lowest BCUT2D eigenvalue weighted by atomic mass is 10.1. The molecule has 2 rings (SSSR count). The predicted octanol–water partition coefficient (Wildman–Crippen LogP) is 3.36. The van der Waals surface area contributed by atoms with E-state index in [1.54, 1.807) is 6.92 Å². The molecule has 0 saturated carbocycles. The predicted molar refractivity (Wildman–Crippen MR) is 87.9 cm³/mol. The number of esters is 1. The van der Waals surface area contributed by atoms with E-state index in [1.807, 2.05) is 0 Å². The highest BCUT2D eigenvalue weighted by Crippen LogP contribution is 2.29. The molecule has 0 fully saturated rings. The fourth-order valence-corrected chi connectivity index (χ4v) is 3.19. The summed E-state index contributed by atoms with van der Waals surface area (Å²) in [6.45, 7) is 1.44. The van der Waals surface area contributed by atoms with Crippen molar-refractivity contribution in [1.82, 2.24) is 4.72 Å². The molecule has 0 aliphatic heterocycles. The molecule has 1 N–H and O–H groups in total. The van der Waals surface area contributed by atoms with Crippen molar-refractivity contribution in [3.05, 3.63) is 65.2 Å². The summed E-state index contributed by atoms with van der Waals surface area (Å²) in [5.74, 6) is -0.664. The second-order valence-electron chi connectivity index (χ2n) is 5.27. The summed E-state index contributed by atoms with van der Waals surface area (Å²) in [5.41, 5.74) is -0.641. The molecule has 0 amide bonds. The van der Waals surface area contributed by atoms with Gasteiger partial charge in [0.05, 0.1) is 22.6 Å². The molecule has 0 bridgehead atoms. The third-order valence-electron chi connectivity index (χ3n) is 3.38. The standard InChI is InChI=1S/C17H16F3NO4S/c1-2-25-16(22)13-6-4-8-15(10-13)26(23,24)21-11-12-5-3-7-14(9-12)17(18,19)20/h3-10,21H,2,11H2,1H3. The van der Waals surface area contributed by atoms with Crippen LogP contribution in [0.2, 0.25) is 0 Å². The average Bonchev–Trinajstić information content (AvgIpc) is 2.60. The van der Waals surface area contributed by atoms with Crippen molar-refractivity contribution in [2.75, 3.05) is 6.61 Å². The van der Waals surface area contributed by atoms with E-state index in [-0.39, 0.29) is 29.2 Å². The van der Waals surface area contributed by atoms with Crippen LogP contribution in [0.25, 0.3) is 0 Å². The minimum absolute atomic E-state index is 0.0637. The molecular formula is C17H16F3NO4S. The number of benzene rings is 2. The van der Waals surface area contributed by atoms with Gasteiger partial charge in [0.1, 0.15) is 0 Å². The molecule has 140 valence electrons. The van der Waals surface area contributed by atoms with Crippen molar-refractivity contribution < 1.29 is 31.1 Å². The molecule has 0 spiro atoms. The van der Waals surface area contributed by atoms with Gasteiger partial charge in [0.2, 0.25) is 10.0 Å². The zero-order valence-corrected chi connectivity index (χ0v) is 14.5. The van der Waals surface area contributed by atoms with Crippen LogP contribution in [0.4, 0.5) is 13.2 Å². The number of hydrogen-bond acceptors (Lipinski definition) is 4. The number of rotatable bonds is 6. The summed E-state index contributed by atoms with van der Waals surface area (Å²) in [4.78, 5) is 11.5. The van der Waals surface area contributed by atoms with Crippen LogP contribution < -0.4 is 4.72 Å². The van der Waals surface area contributed by atoms with Gasteiger partial charge in [0.15, 0.2) is 0 Å². The van der Waals surface area contributed by atoms with Gasteiger partial charge in [0.25, 0.3) is 0 Å². The SMILES string of the molecule is CCOC(=O)c1cccc(S(=O)(=O)NCc2cccc(C(F)(F)F)c2)c1. The van der Waals surface area contributed by atoms with E-state index in [0.717, 1.165) is 18.2 Å². The number of nitrogens with one attached hydrogen (secondary N) is 1. The Hall–Kier alpha value is -2.39. The van der Waals surface area contributed by atoms with Crippen LogP contribution in [0, 0.1) is 0 Å². The highest BCUT2D eigenvalue weighted by atomic mass is 32.2. The van der Waals surface area contributed by atoms with Crippen LogP contribution in [0.15, 0.2) is 53.4 Å². The second-order valence-corrected chi connectivity index (χ2v) is 7.04. The van der Waals surface area contributed by atoms with Gasteiger partial charge in [-0.1, -0.05) is 24.3 Å². The van der Waals surface area contributed by atoms with Crippen LogP contribution in [-0.2, 0) is 27.5 Å². The molecule has 0 atom stereocenters. The van der Waals surface area contributed by atoms with Crippen LogP contribution in [0.5, 0.6) is 0 Å². The molecular weight excluding hydrogens is 371 g/mol. The van der Waals surface area contributed by atoms with Gasteiger partial charge < -0.3 is 4.74 Å². The molecule has 0 unspecified atom stereocenters. The van der Waals surface area contributed by atoms with Gasteiger partial charge in [-0.25, -0.2) is 17.9 Å². The lowest BCUT2D eigenvalue weighted by Crippen LogP contribution is -2.23. The van der Waals surface area contributed by atoms with Crippen LogP contribution in [-0.4, -0.2) is 21.0 Å². The third-order valence-corrected chi connectivity index (χ3v) is 4.78. The first-order valence-electron chi connectivity index (χ1n) is 7.56. The Labute approximate surface area is 148 Å². The van der Waals surface area contributed by atoms with Gasteiger partial charge in [0, 0.05) is 6.54 Å². The summed E-state index contributed by atoms with van der Waals surface area (Å²) in [6.07, 6.45) is -4.51. The zero-order valence-electron chi connectivity index (χ0n) is 13.7. The first-order valence-corrected chi connectivity index (χ1v) is 9.05. The van der Waals surface area contributed by atoms with Gasteiger partial charge in [-0.15, -0.1) is 0 Å². The molecule has 0 saturated heterocycles. The first-order chi connectivity index (χ1) is 12.1. The fourth-order valence-electron chi connectivity index (χ4n) is 2.12. The molecule has 0 aliphatic carbocycles. The van der Waals surface area contributed by atoms with E-state index in [1.165, 1.54) is 30.3 Å². The summed E-state index contributed by atoms with van der Waals surface area (Å²) in [7, 11) is -4.02. The van der Waals surface area contributed by atoms with Crippen molar-refractivity contribution >= 4 is 16.0 Å². The Morgan fingerprint density at radius 1 is 1.12 bits per heavy atom. The Morgan fingerprint density at radius 2 is 1.81 bits per heavy atom. The van der Waals surface area contributed by atoms with E-state index in [2.05, 4.69) is 4.72 Å². The minimum Gasteiger partial charge on any atom is -0.462 e. The Bertz CT molecular complexity index is 895. The maximum atomic E-state index is 12.7. The number of hydrogen-bond donors (Lipinski definition) is 1. The number of alkyl halides is 3. The van der Waals surface area contributed by atoms with E-state index in [4.69, 9.17) is 4.74 Å². The van der Waals surface area contributed by atoms with E-state index in [0.29, 0.717) is 0 Å². The topological polar surface area (TPSA) is 72.5 Å². The molecule has 0 heterocycles. The van der Waals surface area contributed by atoms with Crippen molar-refractivity contribution in [3.63, 3.8) is 0 Å². The van der Waals surface area contributed by atoms with Crippen LogP contribution >= 0.6 is 0 Å². The summed E-state index contributed by atoms with van der Waals surface area (Å²) >= 11 is 0. The highest BCUT2D eigenvalue weighted by molar-refractivity contribution is 7.89. The smallest absolute Gasteiger partial charge is 0.416 e. The lowest BCUT2D eigenvalue weighted by Gasteiger charge is -2.10. The molecule has 0 radical (unpaired) electrons. The van der Waals surface area contributed by atoms with E-state index >= 15 is 0 Å². The number of ether oxygens (including phenoxy) is 1. The van der Waals surface area contributed by atoms with Gasteiger partial charge >= 0.3 is 12.1 Å². The largest absolute Gasteiger partial charge is 0.462 e. The van der Waals surface area contributed by atoms with Crippen molar-refractivity contribution in [2.45, 2.75) is 24.5 Å². The van der Waals surface area contributed by atoms with Crippen LogP contribution in [0.1, 0.15) is 28.4 Å². The molecule has 26 heavy (non-hydrogen) atoms. The Morgan fingerprint density at radius 3 is 2.46 bits per heavy atom. The van der Waals surface area contributed by atoms with Gasteiger partial charge in [-0.3, -0.25) is 0 Å². The van der Waals surface area contributed by atoms with Crippen LogP contribution in [0.3, 0.4) is 0 Å². The Kier molecular flexibility index (Phi) is 6.04. The molecule has 0 aromatic heterocycles. The van der Waals surface area contributed by atoms with Crippen molar-refractivity contribution in [3.8, 4) is 0 Å². The zero-order chi connectivity index (χ0) is 19.4. The molecule has 2 aromatic carbocycles. The molecule has 5 nitrogen and oxygen atoms in total. The van der Waals surface area contributed by atoms with Gasteiger partial charge in [-0.05, 0) is 36.8 Å². The average molecular weight is 387 g/mol. The fraction of sp³-hybridized carbons (Fsp3) is 0.235.